The molecule has 0 saturated carbocycles. The third kappa shape index (κ3) is 3.09. The monoisotopic (exact) mass is 167 g/mol. The second-order valence-electron chi connectivity index (χ2n) is 1.71. The predicted octanol–water partition coefficient (Wildman–Crippen LogP) is 0.862. The normalized spacial score (nSPS) is 7.92. The van der Waals surface area contributed by atoms with Crippen LogP contribution >= 0.6 is 0 Å². The summed E-state index contributed by atoms with van der Waals surface area (Å²) in [6, 6.07) is 0. The maximum atomic E-state index is 10.8. The van der Waals surface area contributed by atoms with Gasteiger partial charge in [0.15, 0.2) is 0 Å². The van der Waals surface area contributed by atoms with Crippen molar-refractivity contribution in [2.75, 3.05) is 7.05 Å². The van der Waals surface area contributed by atoms with E-state index in [0.29, 0.717) is 5.56 Å². The fourth-order valence-electron chi connectivity index (χ4n) is 0.561. The highest BCUT2D eigenvalue weighted by Gasteiger charge is 1.99. The van der Waals surface area contributed by atoms with Crippen molar-refractivity contribution in [1.29, 1.82) is 0 Å². The van der Waals surface area contributed by atoms with Crippen molar-refractivity contribution in [3.63, 3.8) is 0 Å². The van der Waals surface area contributed by atoms with Crippen LogP contribution in [0.15, 0.2) is 18.7 Å². The lowest BCUT2D eigenvalue weighted by atomic mass is 10.3. The summed E-state index contributed by atoms with van der Waals surface area (Å²) in [5, 5.41) is 2.46. The Morgan fingerprint density at radius 1 is 1.33 bits per heavy atom. The molecular formula is C8H13N3O. The Morgan fingerprint density at radius 3 is 2.25 bits per heavy atom. The van der Waals surface area contributed by atoms with Crippen molar-refractivity contribution >= 4 is 5.91 Å². The van der Waals surface area contributed by atoms with Gasteiger partial charge in [0.05, 0.1) is 5.56 Å². The molecule has 1 aromatic heterocycles. The van der Waals surface area contributed by atoms with E-state index in [1.165, 1.54) is 18.7 Å². The zero-order valence-corrected chi connectivity index (χ0v) is 7.53. The molecule has 0 aliphatic carbocycles. The molecule has 1 N–H and O–H groups in total. The van der Waals surface area contributed by atoms with Crippen LogP contribution in [0.3, 0.4) is 0 Å². The van der Waals surface area contributed by atoms with Crippen LogP contribution in [0.1, 0.15) is 24.2 Å². The Hall–Kier alpha value is -1.45. The van der Waals surface area contributed by atoms with Gasteiger partial charge in [-0.05, 0) is 0 Å². The summed E-state index contributed by atoms with van der Waals surface area (Å²) >= 11 is 0. The standard InChI is InChI=1S/C6H7N3O.C2H6/c1-7-6(10)5-2-8-4-9-3-5;1-2/h2-4H,1H3,(H,7,10);1-2H3. The van der Waals surface area contributed by atoms with E-state index < -0.39 is 0 Å². The third-order valence-electron chi connectivity index (χ3n) is 1.05. The molecule has 1 rings (SSSR count). The molecule has 0 spiro atoms. The van der Waals surface area contributed by atoms with Gasteiger partial charge < -0.3 is 5.32 Å². The van der Waals surface area contributed by atoms with Crippen LogP contribution in [0, 0.1) is 0 Å². The van der Waals surface area contributed by atoms with Crippen molar-refractivity contribution in [2.45, 2.75) is 13.8 Å². The highest BCUT2D eigenvalue weighted by molar-refractivity contribution is 5.93. The minimum Gasteiger partial charge on any atom is -0.355 e. The Morgan fingerprint density at radius 2 is 1.83 bits per heavy atom. The van der Waals surface area contributed by atoms with E-state index in [9.17, 15) is 4.79 Å². The number of nitrogens with one attached hydrogen (secondary N) is 1. The first-order chi connectivity index (χ1) is 5.84. The number of nitrogens with zero attached hydrogens (tertiary/aromatic N) is 2. The van der Waals surface area contributed by atoms with Crippen molar-refractivity contribution in [1.82, 2.24) is 15.3 Å². The van der Waals surface area contributed by atoms with Crippen LogP contribution in [-0.4, -0.2) is 22.9 Å². The Bertz CT molecular complexity index is 223. The SMILES string of the molecule is CC.CNC(=O)c1cncnc1. The maximum absolute atomic E-state index is 10.8. The molecule has 0 fully saturated rings. The lowest BCUT2D eigenvalue weighted by Gasteiger charge is -1.94. The van der Waals surface area contributed by atoms with Gasteiger partial charge >= 0.3 is 0 Å². The quantitative estimate of drug-likeness (QED) is 0.675. The van der Waals surface area contributed by atoms with Gasteiger partial charge in [-0.15, -0.1) is 0 Å². The molecule has 0 radical (unpaired) electrons. The van der Waals surface area contributed by atoms with Crippen LogP contribution in [0.2, 0.25) is 0 Å². The number of aromatic nitrogens is 2. The van der Waals surface area contributed by atoms with E-state index >= 15 is 0 Å². The Labute approximate surface area is 72.0 Å². The summed E-state index contributed by atoms with van der Waals surface area (Å²) in [5.41, 5.74) is 0.477. The average molecular weight is 167 g/mol. The molecule has 4 heteroatoms. The lowest BCUT2D eigenvalue weighted by Crippen LogP contribution is -2.17. The molecule has 1 amide bonds. The summed E-state index contributed by atoms with van der Waals surface area (Å²) in [5.74, 6) is -0.166. The van der Waals surface area contributed by atoms with Crippen LogP contribution in [0.25, 0.3) is 0 Å². The molecule has 1 aromatic rings. The molecule has 0 aliphatic rings. The summed E-state index contributed by atoms with van der Waals surface area (Å²) in [7, 11) is 1.56. The highest BCUT2D eigenvalue weighted by atomic mass is 16.1. The fraction of sp³-hybridized carbons (Fsp3) is 0.375. The molecular weight excluding hydrogens is 154 g/mol. The van der Waals surface area contributed by atoms with Crippen LogP contribution in [0.5, 0.6) is 0 Å². The zero-order valence-electron chi connectivity index (χ0n) is 7.53. The lowest BCUT2D eigenvalue weighted by molar-refractivity contribution is 0.0962. The van der Waals surface area contributed by atoms with Gasteiger partial charge in [-0.3, -0.25) is 4.79 Å². The molecule has 4 nitrogen and oxygen atoms in total. The van der Waals surface area contributed by atoms with Crippen molar-refractivity contribution in [3.05, 3.63) is 24.3 Å². The molecule has 0 aromatic carbocycles. The molecule has 1 heterocycles. The van der Waals surface area contributed by atoms with Crippen LogP contribution in [-0.2, 0) is 0 Å². The van der Waals surface area contributed by atoms with Gasteiger partial charge in [0, 0.05) is 19.4 Å². The number of carbonyl (C=O) groups is 1. The molecule has 0 aliphatic heterocycles. The largest absolute Gasteiger partial charge is 0.355 e. The first-order valence-electron chi connectivity index (χ1n) is 3.81. The molecule has 0 saturated heterocycles. The van der Waals surface area contributed by atoms with Gasteiger partial charge in [0.25, 0.3) is 5.91 Å². The fourth-order valence-corrected chi connectivity index (χ4v) is 0.561. The van der Waals surface area contributed by atoms with E-state index in [0.717, 1.165) is 0 Å². The first kappa shape index (κ1) is 10.6. The number of carbonyl (C=O) groups excluding carboxylic acids is 1. The van der Waals surface area contributed by atoms with Crippen LogP contribution in [0.4, 0.5) is 0 Å². The van der Waals surface area contributed by atoms with E-state index in [2.05, 4.69) is 15.3 Å². The second-order valence-corrected chi connectivity index (χ2v) is 1.71. The van der Waals surface area contributed by atoms with E-state index in [-0.39, 0.29) is 5.91 Å². The van der Waals surface area contributed by atoms with Gasteiger partial charge in [-0.2, -0.15) is 0 Å². The first-order valence-corrected chi connectivity index (χ1v) is 3.81. The number of amides is 1. The number of rotatable bonds is 1. The minimum atomic E-state index is -0.166. The smallest absolute Gasteiger partial charge is 0.254 e. The van der Waals surface area contributed by atoms with Gasteiger partial charge in [0.1, 0.15) is 6.33 Å². The van der Waals surface area contributed by atoms with Crippen LogP contribution < -0.4 is 5.32 Å². The third-order valence-corrected chi connectivity index (χ3v) is 1.05. The van der Waals surface area contributed by atoms with Gasteiger partial charge in [0.2, 0.25) is 0 Å². The summed E-state index contributed by atoms with van der Waals surface area (Å²) < 4.78 is 0. The molecule has 0 bridgehead atoms. The van der Waals surface area contributed by atoms with E-state index in [1.807, 2.05) is 13.8 Å². The molecule has 0 unspecified atom stereocenters. The topological polar surface area (TPSA) is 54.9 Å². The van der Waals surface area contributed by atoms with Gasteiger partial charge in [-0.25, -0.2) is 9.97 Å². The summed E-state index contributed by atoms with van der Waals surface area (Å²) in [6.45, 7) is 4.00. The second kappa shape index (κ2) is 6.27. The van der Waals surface area contributed by atoms with Gasteiger partial charge in [-0.1, -0.05) is 13.8 Å². The Kier molecular flexibility index (Phi) is 5.51. The van der Waals surface area contributed by atoms with E-state index in [1.54, 1.807) is 7.05 Å². The van der Waals surface area contributed by atoms with Crippen molar-refractivity contribution < 1.29 is 4.79 Å². The van der Waals surface area contributed by atoms with Crippen molar-refractivity contribution in [3.8, 4) is 0 Å². The summed E-state index contributed by atoms with van der Waals surface area (Å²) in [4.78, 5) is 18.2. The zero-order chi connectivity index (χ0) is 9.40. The van der Waals surface area contributed by atoms with Crippen molar-refractivity contribution in [2.24, 2.45) is 0 Å². The average Bonchev–Trinajstić information content (AvgIpc) is 2.21. The maximum Gasteiger partial charge on any atom is 0.254 e. The highest BCUT2D eigenvalue weighted by Crippen LogP contribution is 1.90. The van der Waals surface area contributed by atoms with E-state index in [4.69, 9.17) is 0 Å². The minimum absolute atomic E-state index is 0.166. The number of hydrogen-bond acceptors (Lipinski definition) is 3. The predicted molar refractivity (Wildman–Crippen MR) is 46.8 cm³/mol. The molecule has 66 valence electrons. The molecule has 12 heavy (non-hydrogen) atoms. The molecule has 0 atom stereocenters. The number of hydrogen-bond donors (Lipinski definition) is 1. The Balaban J connectivity index is 0.000000561. The summed E-state index contributed by atoms with van der Waals surface area (Å²) in [6.07, 6.45) is 4.31.